The first kappa shape index (κ1) is 21.2. The summed E-state index contributed by atoms with van der Waals surface area (Å²) in [6, 6.07) is 7.84. The van der Waals surface area contributed by atoms with Crippen molar-refractivity contribution in [3.05, 3.63) is 65.6 Å². The van der Waals surface area contributed by atoms with Crippen LogP contribution in [0.5, 0.6) is 0 Å². The Morgan fingerprint density at radius 1 is 1.00 bits per heavy atom. The van der Waals surface area contributed by atoms with Crippen molar-refractivity contribution in [1.29, 1.82) is 0 Å². The van der Waals surface area contributed by atoms with Crippen LogP contribution in [0.25, 0.3) is 5.76 Å². The van der Waals surface area contributed by atoms with Gasteiger partial charge in [-0.3, -0.25) is 4.79 Å². The summed E-state index contributed by atoms with van der Waals surface area (Å²) in [5, 5.41) is 21.5. The lowest BCUT2D eigenvalue weighted by atomic mass is 10.1. The zero-order valence-corrected chi connectivity index (χ0v) is 14.5. The van der Waals surface area contributed by atoms with Crippen molar-refractivity contribution in [2.75, 3.05) is 0 Å². The number of benzene rings is 2. The molecule has 2 rings (SSSR count). The molecule has 0 aliphatic heterocycles. The van der Waals surface area contributed by atoms with Gasteiger partial charge in [0.05, 0.1) is 10.6 Å². The van der Waals surface area contributed by atoms with Gasteiger partial charge in [-0.15, -0.1) is 5.11 Å². The van der Waals surface area contributed by atoms with E-state index in [1.54, 1.807) is 0 Å². The average molecular weight is 417 g/mol. The molecule has 0 aromatic heterocycles. The van der Waals surface area contributed by atoms with Crippen molar-refractivity contribution in [2.45, 2.75) is 11.1 Å². The summed E-state index contributed by atoms with van der Waals surface area (Å²) < 4.78 is 73.7. The Kier molecular flexibility index (Phi) is 5.95. The molecule has 0 spiro atoms. The molecule has 28 heavy (non-hydrogen) atoms. The van der Waals surface area contributed by atoms with E-state index in [9.17, 15) is 35.9 Å². The van der Waals surface area contributed by atoms with E-state index in [2.05, 4.69) is 10.2 Å². The highest BCUT2D eigenvalue weighted by Gasteiger charge is 2.43. The number of aliphatic hydroxyl groups is 1. The van der Waals surface area contributed by atoms with Crippen LogP contribution in [0.2, 0.25) is 0 Å². The van der Waals surface area contributed by atoms with Crippen LogP contribution < -0.4 is 5.14 Å². The number of nitrogens with zero attached hydrogens (tertiary/aromatic N) is 2. The third-order valence-corrected chi connectivity index (χ3v) is 4.17. The summed E-state index contributed by atoms with van der Waals surface area (Å²) in [5.41, 5.74) is -1.83. The summed E-state index contributed by atoms with van der Waals surface area (Å²) in [4.78, 5) is 11.3. The fourth-order valence-corrected chi connectivity index (χ4v) is 2.40. The SMILES string of the molecule is NS(=O)(=O)c1ccc(N=NC(C(=O)C(F)(F)F)=C(O)c2ccc(F)cc2)cc1. The second-order valence-corrected chi connectivity index (χ2v) is 6.83. The van der Waals surface area contributed by atoms with E-state index in [0.717, 1.165) is 48.5 Å². The molecule has 0 amide bonds. The molecule has 2 aromatic rings. The number of hydrogen-bond acceptors (Lipinski definition) is 6. The Labute approximate surface area is 155 Å². The summed E-state index contributed by atoms with van der Waals surface area (Å²) in [7, 11) is -3.99. The monoisotopic (exact) mass is 417 g/mol. The van der Waals surface area contributed by atoms with Crippen molar-refractivity contribution in [3.63, 3.8) is 0 Å². The van der Waals surface area contributed by atoms with Gasteiger partial charge in [-0.25, -0.2) is 17.9 Å². The van der Waals surface area contributed by atoms with Gasteiger partial charge in [0.2, 0.25) is 10.0 Å². The van der Waals surface area contributed by atoms with Crippen LogP contribution in [-0.2, 0) is 14.8 Å². The van der Waals surface area contributed by atoms with Gasteiger partial charge >= 0.3 is 6.18 Å². The van der Waals surface area contributed by atoms with Crippen LogP contribution in [0.15, 0.2) is 69.4 Å². The molecular formula is C16H11F4N3O4S. The quantitative estimate of drug-likeness (QED) is 0.334. The number of azo groups is 1. The van der Waals surface area contributed by atoms with Gasteiger partial charge in [-0.05, 0) is 48.5 Å². The molecule has 148 valence electrons. The Hall–Kier alpha value is -3.12. The molecule has 0 atom stereocenters. The Bertz CT molecular complexity index is 1040. The number of alkyl halides is 3. The van der Waals surface area contributed by atoms with Gasteiger partial charge in [-0.1, -0.05) is 0 Å². The highest BCUT2D eigenvalue weighted by molar-refractivity contribution is 7.89. The fraction of sp³-hybridized carbons (Fsp3) is 0.0625. The van der Waals surface area contributed by atoms with E-state index in [1.165, 1.54) is 0 Å². The Morgan fingerprint density at radius 2 is 1.54 bits per heavy atom. The normalized spacial score (nSPS) is 13.5. The number of primary sulfonamides is 1. The van der Waals surface area contributed by atoms with Crippen molar-refractivity contribution in [1.82, 2.24) is 0 Å². The molecular weight excluding hydrogens is 406 g/mol. The number of ketones is 1. The lowest BCUT2D eigenvalue weighted by Crippen LogP contribution is -2.24. The van der Waals surface area contributed by atoms with Gasteiger partial charge in [-0.2, -0.15) is 18.3 Å². The molecule has 0 aliphatic carbocycles. The predicted molar refractivity (Wildman–Crippen MR) is 89.3 cm³/mol. The second kappa shape index (κ2) is 7.86. The second-order valence-electron chi connectivity index (χ2n) is 5.27. The fourth-order valence-electron chi connectivity index (χ4n) is 1.89. The molecule has 0 radical (unpaired) electrons. The number of rotatable bonds is 5. The third-order valence-electron chi connectivity index (χ3n) is 3.25. The third kappa shape index (κ3) is 5.20. The van der Waals surface area contributed by atoms with Gasteiger partial charge in [0.1, 0.15) is 5.82 Å². The number of halogens is 4. The number of carbonyl (C=O) groups is 1. The maximum atomic E-state index is 12.9. The van der Waals surface area contributed by atoms with Crippen LogP contribution >= 0.6 is 0 Å². The van der Waals surface area contributed by atoms with Crippen molar-refractivity contribution in [3.8, 4) is 0 Å². The van der Waals surface area contributed by atoms with E-state index in [4.69, 9.17) is 5.14 Å². The van der Waals surface area contributed by atoms with Crippen LogP contribution in [0, 0.1) is 5.82 Å². The standard InChI is InChI=1S/C16H11F4N3O4S/c17-10-3-1-9(2-4-10)14(24)13(15(25)16(18,19)20)23-22-11-5-7-12(8-6-11)28(21,26)27/h1-8,24H,(H2,21,26,27). The van der Waals surface area contributed by atoms with E-state index < -0.39 is 39.3 Å². The average Bonchev–Trinajstić information content (AvgIpc) is 2.61. The first-order chi connectivity index (χ1) is 12.9. The molecule has 7 nitrogen and oxygen atoms in total. The molecule has 0 aliphatic rings. The number of carbonyl (C=O) groups excluding carboxylic acids is 1. The number of aliphatic hydroxyl groups excluding tert-OH is 1. The molecule has 0 heterocycles. The lowest BCUT2D eigenvalue weighted by Gasteiger charge is -2.08. The number of sulfonamides is 1. The number of hydrogen-bond donors (Lipinski definition) is 2. The molecule has 2 aromatic carbocycles. The highest BCUT2D eigenvalue weighted by atomic mass is 32.2. The zero-order chi connectivity index (χ0) is 21.1. The van der Waals surface area contributed by atoms with Crippen molar-refractivity contribution < 1.29 is 35.9 Å². The van der Waals surface area contributed by atoms with E-state index in [0.29, 0.717) is 0 Å². The van der Waals surface area contributed by atoms with Crippen LogP contribution in [0.3, 0.4) is 0 Å². The predicted octanol–water partition coefficient (Wildman–Crippen LogP) is 3.62. The number of allylic oxidation sites excluding steroid dienone is 1. The lowest BCUT2D eigenvalue weighted by molar-refractivity contribution is -0.166. The Morgan fingerprint density at radius 3 is 2.00 bits per heavy atom. The van der Waals surface area contributed by atoms with E-state index in [-0.39, 0.29) is 16.1 Å². The minimum Gasteiger partial charge on any atom is -0.505 e. The molecule has 0 saturated heterocycles. The Balaban J connectivity index is 2.48. The van der Waals surface area contributed by atoms with Crippen molar-refractivity contribution >= 4 is 27.3 Å². The van der Waals surface area contributed by atoms with Crippen LogP contribution in [-0.4, -0.2) is 25.5 Å². The summed E-state index contributed by atoms with van der Waals surface area (Å²) in [5.74, 6) is -4.34. The first-order valence-corrected chi connectivity index (χ1v) is 8.79. The molecule has 0 unspecified atom stereocenters. The number of Topliss-reactive ketones (excluding diaryl/α,β-unsaturated/α-hetero) is 1. The van der Waals surface area contributed by atoms with Gasteiger partial charge < -0.3 is 5.11 Å². The van der Waals surface area contributed by atoms with Crippen molar-refractivity contribution in [2.24, 2.45) is 15.4 Å². The van der Waals surface area contributed by atoms with E-state index in [1.807, 2.05) is 0 Å². The molecule has 0 bridgehead atoms. The van der Waals surface area contributed by atoms with Gasteiger partial charge in [0.15, 0.2) is 11.5 Å². The number of nitrogens with two attached hydrogens (primary N) is 1. The molecule has 3 N–H and O–H groups in total. The smallest absolute Gasteiger partial charge is 0.456 e. The summed E-state index contributed by atoms with van der Waals surface area (Å²) in [6.45, 7) is 0. The molecule has 0 fully saturated rings. The zero-order valence-electron chi connectivity index (χ0n) is 13.7. The molecule has 12 heteroatoms. The minimum atomic E-state index is -5.36. The molecule has 0 saturated carbocycles. The maximum Gasteiger partial charge on any atom is 0.456 e. The van der Waals surface area contributed by atoms with Gasteiger partial charge in [0, 0.05) is 5.56 Å². The highest BCUT2D eigenvalue weighted by Crippen LogP contribution is 2.28. The summed E-state index contributed by atoms with van der Waals surface area (Å²) in [6.07, 6.45) is -5.36. The topological polar surface area (TPSA) is 122 Å². The van der Waals surface area contributed by atoms with Crippen LogP contribution in [0.1, 0.15) is 5.56 Å². The van der Waals surface area contributed by atoms with Crippen LogP contribution in [0.4, 0.5) is 23.2 Å². The first-order valence-electron chi connectivity index (χ1n) is 7.25. The largest absolute Gasteiger partial charge is 0.505 e. The van der Waals surface area contributed by atoms with E-state index >= 15 is 0 Å². The van der Waals surface area contributed by atoms with Gasteiger partial charge in [0.25, 0.3) is 5.78 Å². The maximum absolute atomic E-state index is 12.9. The minimum absolute atomic E-state index is 0.119. The summed E-state index contributed by atoms with van der Waals surface area (Å²) >= 11 is 0.